The molecule has 0 aromatic heterocycles. The van der Waals surface area contributed by atoms with Gasteiger partial charge in [0.1, 0.15) is 11.9 Å². The van der Waals surface area contributed by atoms with Crippen molar-refractivity contribution in [2.24, 2.45) is 0 Å². The lowest BCUT2D eigenvalue weighted by Gasteiger charge is -2.30. The predicted octanol–water partition coefficient (Wildman–Crippen LogP) is 4.34. The fraction of sp³-hybridized carbons (Fsp3) is 0.625. The Balaban J connectivity index is 2.08. The van der Waals surface area contributed by atoms with E-state index in [0.29, 0.717) is 6.04 Å². The maximum absolute atomic E-state index is 6.27. The van der Waals surface area contributed by atoms with Gasteiger partial charge in [-0.05, 0) is 50.9 Å². The van der Waals surface area contributed by atoms with Crippen molar-refractivity contribution in [3.05, 3.63) is 28.8 Å². The number of aryl methyl sites for hydroxylation is 1. The number of benzene rings is 1. The summed E-state index contributed by atoms with van der Waals surface area (Å²) in [6.07, 6.45) is 7.71. The molecule has 2 atom stereocenters. The third-order valence-corrected chi connectivity index (χ3v) is 4.23. The standard InChI is InChI=1S/C16H24ClNO/c1-12-9-10-15(13(17)11-12)19-16-8-6-4-3-5-7-14(16)18-2/h9-11,14,16,18H,3-8H2,1-2H3. The van der Waals surface area contributed by atoms with Crippen LogP contribution < -0.4 is 10.1 Å². The zero-order chi connectivity index (χ0) is 13.7. The second-order valence-corrected chi connectivity index (χ2v) is 5.88. The molecule has 2 rings (SSSR count). The summed E-state index contributed by atoms with van der Waals surface area (Å²) >= 11 is 6.27. The van der Waals surface area contributed by atoms with Crippen LogP contribution in [-0.4, -0.2) is 19.2 Å². The van der Waals surface area contributed by atoms with Gasteiger partial charge in [0.15, 0.2) is 0 Å². The Hall–Kier alpha value is -0.730. The van der Waals surface area contributed by atoms with Crippen LogP contribution >= 0.6 is 11.6 Å². The smallest absolute Gasteiger partial charge is 0.138 e. The minimum Gasteiger partial charge on any atom is -0.487 e. The highest BCUT2D eigenvalue weighted by Crippen LogP contribution is 2.29. The van der Waals surface area contributed by atoms with Gasteiger partial charge in [0.2, 0.25) is 0 Å². The van der Waals surface area contributed by atoms with Crippen LogP contribution in [0.1, 0.15) is 44.1 Å². The molecule has 1 fully saturated rings. The SMILES string of the molecule is CNC1CCCCCCC1Oc1ccc(C)cc1Cl. The average Bonchev–Trinajstić information content (AvgIpc) is 2.36. The number of nitrogens with one attached hydrogen (secondary N) is 1. The van der Waals surface area contributed by atoms with Crippen LogP contribution in [0.4, 0.5) is 0 Å². The van der Waals surface area contributed by atoms with Crippen molar-refractivity contribution in [1.29, 1.82) is 0 Å². The largest absolute Gasteiger partial charge is 0.487 e. The summed E-state index contributed by atoms with van der Waals surface area (Å²) in [7, 11) is 2.03. The molecule has 0 heterocycles. The molecule has 1 aromatic rings. The topological polar surface area (TPSA) is 21.3 Å². The van der Waals surface area contributed by atoms with Crippen molar-refractivity contribution in [3.8, 4) is 5.75 Å². The van der Waals surface area contributed by atoms with Crippen molar-refractivity contribution in [3.63, 3.8) is 0 Å². The summed E-state index contributed by atoms with van der Waals surface area (Å²) < 4.78 is 6.19. The van der Waals surface area contributed by atoms with E-state index in [-0.39, 0.29) is 6.10 Å². The molecule has 106 valence electrons. The van der Waals surface area contributed by atoms with Gasteiger partial charge < -0.3 is 10.1 Å². The molecular weight excluding hydrogens is 258 g/mol. The van der Waals surface area contributed by atoms with Gasteiger partial charge in [-0.15, -0.1) is 0 Å². The van der Waals surface area contributed by atoms with E-state index >= 15 is 0 Å². The molecule has 19 heavy (non-hydrogen) atoms. The van der Waals surface area contributed by atoms with E-state index in [2.05, 4.69) is 11.4 Å². The molecule has 1 aliphatic carbocycles. The summed E-state index contributed by atoms with van der Waals surface area (Å²) in [6, 6.07) is 6.44. The molecule has 1 saturated carbocycles. The number of hydrogen-bond donors (Lipinski definition) is 1. The Morgan fingerprint density at radius 2 is 1.89 bits per heavy atom. The lowest BCUT2D eigenvalue weighted by molar-refractivity contribution is 0.131. The Kier molecular flexibility index (Phi) is 5.53. The molecule has 2 unspecified atom stereocenters. The third-order valence-electron chi connectivity index (χ3n) is 3.94. The van der Waals surface area contributed by atoms with Crippen LogP contribution in [0.2, 0.25) is 5.02 Å². The number of halogens is 1. The lowest BCUT2D eigenvalue weighted by Crippen LogP contribution is -2.41. The van der Waals surface area contributed by atoms with E-state index in [0.717, 1.165) is 17.2 Å². The maximum Gasteiger partial charge on any atom is 0.138 e. The molecule has 0 amide bonds. The van der Waals surface area contributed by atoms with E-state index in [1.165, 1.54) is 37.7 Å². The van der Waals surface area contributed by atoms with Crippen LogP contribution in [-0.2, 0) is 0 Å². The van der Waals surface area contributed by atoms with Crippen molar-refractivity contribution >= 4 is 11.6 Å². The van der Waals surface area contributed by atoms with Crippen LogP contribution in [0.5, 0.6) is 5.75 Å². The molecule has 1 N–H and O–H groups in total. The molecule has 1 aromatic carbocycles. The Labute approximate surface area is 121 Å². The number of hydrogen-bond acceptors (Lipinski definition) is 2. The van der Waals surface area contributed by atoms with Gasteiger partial charge in [0.25, 0.3) is 0 Å². The first-order chi connectivity index (χ1) is 9.20. The highest BCUT2D eigenvalue weighted by Gasteiger charge is 2.23. The lowest BCUT2D eigenvalue weighted by atomic mass is 9.94. The Morgan fingerprint density at radius 3 is 2.58 bits per heavy atom. The van der Waals surface area contributed by atoms with E-state index < -0.39 is 0 Å². The second-order valence-electron chi connectivity index (χ2n) is 5.48. The summed E-state index contributed by atoms with van der Waals surface area (Å²) in [4.78, 5) is 0. The van der Waals surface area contributed by atoms with E-state index in [1.54, 1.807) is 0 Å². The molecule has 2 nitrogen and oxygen atoms in total. The molecular formula is C16H24ClNO. The Morgan fingerprint density at radius 1 is 1.16 bits per heavy atom. The van der Waals surface area contributed by atoms with Crippen LogP contribution in [0.25, 0.3) is 0 Å². The molecule has 1 aliphatic rings. The number of rotatable bonds is 3. The molecule has 0 spiro atoms. The fourth-order valence-corrected chi connectivity index (χ4v) is 3.07. The van der Waals surface area contributed by atoms with E-state index in [9.17, 15) is 0 Å². The van der Waals surface area contributed by atoms with Gasteiger partial charge in [0.05, 0.1) is 5.02 Å². The van der Waals surface area contributed by atoms with Gasteiger partial charge in [-0.1, -0.05) is 36.9 Å². The first-order valence-electron chi connectivity index (χ1n) is 7.31. The summed E-state index contributed by atoms with van der Waals surface area (Å²) in [5.41, 5.74) is 1.17. The summed E-state index contributed by atoms with van der Waals surface area (Å²) in [5.74, 6) is 0.818. The molecule has 0 aliphatic heterocycles. The molecule has 0 bridgehead atoms. The van der Waals surface area contributed by atoms with Crippen molar-refractivity contribution in [2.45, 2.75) is 57.6 Å². The summed E-state index contributed by atoms with van der Waals surface area (Å²) in [5, 5.41) is 4.12. The van der Waals surface area contributed by atoms with Crippen LogP contribution in [0, 0.1) is 6.92 Å². The molecule has 0 radical (unpaired) electrons. The van der Waals surface area contributed by atoms with Crippen LogP contribution in [0.15, 0.2) is 18.2 Å². The molecule has 0 saturated heterocycles. The zero-order valence-electron chi connectivity index (χ0n) is 11.9. The number of likely N-dealkylation sites (N-methyl/N-ethyl adjacent to an activating group) is 1. The highest BCUT2D eigenvalue weighted by molar-refractivity contribution is 6.32. The predicted molar refractivity (Wildman–Crippen MR) is 81.2 cm³/mol. The average molecular weight is 282 g/mol. The Bertz CT molecular complexity index is 408. The summed E-state index contributed by atoms with van der Waals surface area (Å²) in [6.45, 7) is 2.04. The van der Waals surface area contributed by atoms with Gasteiger partial charge >= 0.3 is 0 Å². The molecule has 3 heteroatoms. The van der Waals surface area contributed by atoms with Gasteiger partial charge in [-0.3, -0.25) is 0 Å². The van der Waals surface area contributed by atoms with Crippen molar-refractivity contribution in [2.75, 3.05) is 7.05 Å². The van der Waals surface area contributed by atoms with Gasteiger partial charge in [-0.2, -0.15) is 0 Å². The zero-order valence-corrected chi connectivity index (χ0v) is 12.7. The first kappa shape index (κ1) is 14.7. The number of ether oxygens (including phenoxy) is 1. The van der Waals surface area contributed by atoms with Gasteiger partial charge in [-0.25, -0.2) is 0 Å². The maximum atomic E-state index is 6.27. The van der Waals surface area contributed by atoms with Crippen molar-refractivity contribution in [1.82, 2.24) is 5.32 Å². The van der Waals surface area contributed by atoms with E-state index in [4.69, 9.17) is 16.3 Å². The third kappa shape index (κ3) is 4.12. The van der Waals surface area contributed by atoms with Crippen LogP contribution in [0.3, 0.4) is 0 Å². The second kappa shape index (κ2) is 7.16. The van der Waals surface area contributed by atoms with Gasteiger partial charge in [0, 0.05) is 6.04 Å². The first-order valence-corrected chi connectivity index (χ1v) is 7.68. The monoisotopic (exact) mass is 281 g/mol. The highest BCUT2D eigenvalue weighted by atomic mass is 35.5. The fourth-order valence-electron chi connectivity index (χ4n) is 2.79. The minimum absolute atomic E-state index is 0.227. The van der Waals surface area contributed by atoms with Crippen molar-refractivity contribution < 1.29 is 4.74 Å². The quantitative estimate of drug-likeness (QED) is 0.890. The van der Waals surface area contributed by atoms with E-state index in [1.807, 2.05) is 26.1 Å². The minimum atomic E-state index is 0.227. The normalized spacial score (nSPS) is 24.6.